The Kier molecular flexibility index (Phi) is 8.79. The molecule has 2 aromatic heterocycles. The maximum Gasteiger partial charge on any atom is 0.267 e. The van der Waals surface area contributed by atoms with Gasteiger partial charge in [0.2, 0.25) is 0 Å². The van der Waals surface area contributed by atoms with Gasteiger partial charge in [-0.25, -0.2) is 4.98 Å². The highest BCUT2D eigenvalue weighted by atomic mass is 32.2. The molecule has 2 fully saturated rings. The first kappa shape index (κ1) is 27.6. The summed E-state index contributed by atoms with van der Waals surface area (Å²) in [6, 6.07) is 14.4. The number of rotatable bonds is 9. The van der Waals surface area contributed by atoms with Gasteiger partial charge in [-0.3, -0.25) is 18.9 Å². The smallest absolute Gasteiger partial charge is 0.267 e. The van der Waals surface area contributed by atoms with Gasteiger partial charge in [0.15, 0.2) is 0 Å². The number of fused-ring (bicyclic) bond motifs is 1. The third-order valence-electron chi connectivity index (χ3n) is 7.29. The molecule has 4 heterocycles. The molecule has 3 aromatic rings. The van der Waals surface area contributed by atoms with Gasteiger partial charge in [-0.1, -0.05) is 60.4 Å². The van der Waals surface area contributed by atoms with Gasteiger partial charge in [-0.05, 0) is 68.7 Å². The number of aryl methyl sites for hydroxylation is 1. The summed E-state index contributed by atoms with van der Waals surface area (Å²) in [5.41, 5.74) is 3.19. The van der Waals surface area contributed by atoms with Crippen LogP contribution in [0.25, 0.3) is 11.7 Å². The second kappa shape index (κ2) is 12.4. The van der Waals surface area contributed by atoms with E-state index in [0.717, 1.165) is 37.9 Å². The molecule has 1 aromatic carbocycles. The van der Waals surface area contributed by atoms with Gasteiger partial charge in [-0.2, -0.15) is 0 Å². The number of hydrogen-bond donors (Lipinski definition) is 0. The number of nitrogens with zero attached hydrogens (tertiary/aromatic N) is 4. The maximum absolute atomic E-state index is 13.8. The van der Waals surface area contributed by atoms with Crippen LogP contribution in [0.5, 0.6) is 0 Å². The van der Waals surface area contributed by atoms with Gasteiger partial charge in [-0.15, -0.1) is 0 Å². The van der Waals surface area contributed by atoms with E-state index in [-0.39, 0.29) is 11.5 Å². The number of thioether (sulfide) groups is 1. The second-order valence-corrected chi connectivity index (χ2v) is 11.8. The normalized spacial score (nSPS) is 17.6. The number of carbonyl (C=O) groups is 1. The Balaban J connectivity index is 1.43. The third-order valence-corrected chi connectivity index (χ3v) is 8.67. The Bertz CT molecular complexity index is 1450. The summed E-state index contributed by atoms with van der Waals surface area (Å²) in [5.74, 6) is 1.07. The zero-order chi connectivity index (χ0) is 27.4. The molecule has 0 bridgehead atoms. The molecular weight excluding hydrogens is 528 g/mol. The summed E-state index contributed by atoms with van der Waals surface area (Å²) in [5, 5.41) is 0. The number of carbonyl (C=O) groups excluding carboxylic acids is 1. The third kappa shape index (κ3) is 6.26. The van der Waals surface area contributed by atoms with Crippen LogP contribution in [0, 0.1) is 12.8 Å². The highest BCUT2D eigenvalue weighted by Crippen LogP contribution is 2.34. The summed E-state index contributed by atoms with van der Waals surface area (Å²) < 4.78 is 7.50. The van der Waals surface area contributed by atoms with E-state index in [0.29, 0.717) is 58.4 Å². The van der Waals surface area contributed by atoms with Crippen LogP contribution in [0.4, 0.5) is 5.82 Å². The van der Waals surface area contributed by atoms with E-state index in [1.807, 2.05) is 32.0 Å². The zero-order valence-corrected chi connectivity index (χ0v) is 24.1. The molecule has 204 valence electrons. The quantitative estimate of drug-likeness (QED) is 0.204. The summed E-state index contributed by atoms with van der Waals surface area (Å²) in [7, 11) is 0. The van der Waals surface area contributed by atoms with Gasteiger partial charge in [0.05, 0.1) is 10.5 Å². The molecule has 1 amide bonds. The number of thiocarbonyl (C=S) groups is 1. The highest BCUT2D eigenvalue weighted by Gasteiger charge is 2.33. The summed E-state index contributed by atoms with van der Waals surface area (Å²) in [6.07, 6.45) is 7.31. The maximum atomic E-state index is 13.8. The number of aromatic nitrogens is 2. The first-order valence-corrected chi connectivity index (χ1v) is 14.8. The van der Waals surface area contributed by atoms with Crippen LogP contribution >= 0.6 is 24.0 Å². The lowest BCUT2D eigenvalue weighted by atomic mass is 9.90. The standard InChI is InChI=1S/C30H34N4O3S2/c1-3-37-17-7-14-33-29(36)25(39-30(33)38)19-24-27(31-26-11-10-21(2)20-34(26)28(24)35)32-15-12-23(13-16-32)18-22-8-5-4-6-9-22/h4-6,8-11,19-20,23H,3,7,12-18H2,1-2H3/b25-19-. The number of ether oxygens (including phenoxy) is 1. The van der Waals surface area contributed by atoms with E-state index in [4.69, 9.17) is 21.9 Å². The molecule has 5 rings (SSSR count). The SMILES string of the molecule is CCOCCCN1C(=O)/C(=C/c2c(N3CCC(Cc4ccccc4)CC3)nc3ccc(C)cn3c2=O)SC1=S. The van der Waals surface area contributed by atoms with Gasteiger partial charge < -0.3 is 9.64 Å². The largest absolute Gasteiger partial charge is 0.382 e. The minimum Gasteiger partial charge on any atom is -0.382 e. The number of benzene rings is 1. The van der Waals surface area contributed by atoms with E-state index < -0.39 is 0 Å². The van der Waals surface area contributed by atoms with E-state index >= 15 is 0 Å². The number of piperidine rings is 1. The Hall–Kier alpha value is -3.01. The van der Waals surface area contributed by atoms with E-state index in [2.05, 4.69) is 29.2 Å². The van der Waals surface area contributed by atoms with Gasteiger partial charge in [0.25, 0.3) is 11.5 Å². The average Bonchev–Trinajstić information content (AvgIpc) is 3.21. The van der Waals surface area contributed by atoms with Crippen molar-refractivity contribution in [3.8, 4) is 0 Å². The van der Waals surface area contributed by atoms with Crippen molar-refractivity contribution in [2.24, 2.45) is 5.92 Å². The Morgan fingerprint density at radius 2 is 1.90 bits per heavy atom. The van der Waals surface area contributed by atoms with Crippen molar-refractivity contribution < 1.29 is 9.53 Å². The summed E-state index contributed by atoms with van der Waals surface area (Å²) in [4.78, 5) is 36.3. The van der Waals surface area contributed by atoms with Gasteiger partial charge >= 0.3 is 0 Å². The van der Waals surface area contributed by atoms with Crippen LogP contribution in [0.15, 0.2) is 58.4 Å². The minimum absolute atomic E-state index is 0.164. The van der Waals surface area contributed by atoms with Gasteiger partial charge in [0.1, 0.15) is 15.8 Å². The Morgan fingerprint density at radius 3 is 2.64 bits per heavy atom. The van der Waals surface area contributed by atoms with Crippen molar-refractivity contribution in [1.29, 1.82) is 0 Å². The van der Waals surface area contributed by atoms with Crippen LogP contribution in [-0.4, -0.2) is 57.4 Å². The van der Waals surface area contributed by atoms with Crippen LogP contribution < -0.4 is 10.5 Å². The van der Waals surface area contributed by atoms with Crippen LogP contribution in [0.2, 0.25) is 0 Å². The number of hydrogen-bond acceptors (Lipinski definition) is 7. The molecular formula is C30H34N4O3S2. The fourth-order valence-corrected chi connectivity index (χ4v) is 6.49. The van der Waals surface area contributed by atoms with E-state index in [1.54, 1.807) is 21.6 Å². The first-order valence-electron chi connectivity index (χ1n) is 13.6. The molecule has 2 aliphatic rings. The van der Waals surface area contributed by atoms with Crippen molar-refractivity contribution in [2.45, 2.75) is 39.5 Å². The molecule has 0 atom stereocenters. The number of pyridine rings is 1. The molecule has 0 unspecified atom stereocenters. The van der Waals surface area contributed by atoms with Crippen molar-refractivity contribution in [3.05, 3.63) is 80.6 Å². The molecule has 0 N–H and O–H groups in total. The Morgan fingerprint density at radius 1 is 1.13 bits per heavy atom. The lowest BCUT2D eigenvalue weighted by molar-refractivity contribution is -0.122. The first-order chi connectivity index (χ1) is 18.9. The number of amides is 1. The highest BCUT2D eigenvalue weighted by molar-refractivity contribution is 8.26. The molecule has 0 spiro atoms. The summed E-state index contributed by atoms with van der Waals surface area (Å²) >= 11 is 6.77. The minimum atomic E-state index is -0.174. The van der Waals surface area contributed by atoms with Crippen LogP contribution in [-0.2, 0) is 16.0 Å². The lowest BCUT2D eigenvalue weighted by Gasteiger charge is -2.33. The molecule has 2 saturated heterocycles. The number of anilines is 1. The predicted octanol–water partition coefficient (Wildman–Crippen LogP) is 5.09. The zero-order valence-electron chi connectivity index (χ0n) is 22.5. The molecule has 0 radical (unpaired) electrons. The fourth-order valence-electron chi connectivity index (χ4n) is 5.20. The van der Waals surface area contributed by atoms with Crippen molar-refractivity contribution >= 4 is 51.7 Å². The molecule has 0 aliphatic carbocycles. The summed E-state index contributed by atoms with van der Waals surface area (Å²) in [6.45, 7) is 7.23. The van der Waals surface area contributed by atoms with Crippen molar-refractivity contribution in [1.82, 2.24) is 14.3 Å². The molecule has 39 heavy (non-hydrogen) atoms. The van der Waals surface area contributed by atoms with Gasteiger partial charge in [0, 0.05) is 39.0 Å². The lowest BCUT2D eigenvalue weighted by Crippen LogP contribution is -2.37. The Labute approximate surface area is 238 Å². The van der Waals surface area contributed by atoms with Crippen molar-refractivity contribution in [2.75, 3.05) is 37.7 Å². The molecule has 2 aliphatic heterocycles. The second-order valence-electron chi connectivity index (χ2n) is 10.1. The topological polar surface area (TPSA) is 67.2 Å². The molecule has 0 saturated carbocycles. The van der Waals surface area contributed by atoms with E-state index in [9.17, 15) is 9.59 Å². The average molecular weight is 563 g/mol. The monoisotopic (exact) mass is 562 g/mol. The predicted molar refractivity (Wildman–Crippen MR) is 162 cm³/mol. The molecule has 7 nitrogen and oxygen atoms in total. The fraction of sp³-hybridized carbons (Fsp3) is 0.400. The van der Waals surface area contributed by atoms with Crippen molar-refractivity contribution in [3.63, 3.8) is 0 Å². The van der Waals surface area contributed by atoms with E-state index in [1.165, 1.54) is 17.3 Å². The van der Waals surface area contributed by atoms with Crippen LogP contribution in [0.1, 0.15) is 42.9 Å². The van der Waals surface area contributed by atoms with Crippen LogP contribution in [0.3, 0.4) is 0 Å². The molecule has 9 heteroatoms.